The maximum atomic E-state index is 13.2. The molecule has 0 unspecified atom stereocenters. The molecule has 1 aromatic rings. The van der Waals surface area contributed by atoms with E-state index in [1.54, 1.807) is 0 Å². The van der Waals surface area contributed by atoms with Gasteiger partial charge in [-0.15, -0.1) is 11.6 Å². The summed E-state index contributed by atoms with van der Waals surface area (Å²) >= 11 is 5.55. The van der Waals surface area contributed by atoms with Crippen LogP contribution in [0, 0.1) is 5.82 Å². The highest BCUT2D eigenvalue weighted by molar-refractivity contribution is 7.89. The van der Waals surface area contributed by atoms with Crippen LogP contribution in [0.25, 0.3) is 0 Å². The van der Waals surface area contributed by atoms with Gasteiger partial charge >= 0.3 is 0 Å². The average molecular weight is 280 g/mol. The van der Waals surface area contributed by atoms with Crippen LogP contribution in [0.2, 0.25) is 0 Å². The summed E-state index contributed by atoms with van der Waals surface area (Å²) in [5, 5.41) is 0. The van der Waals surface area contributed by atoms with E-state index in [1.807, 2.05) is 6.92 Å². The lowest BCUT2D eigenvalue weighted by atomic mass is 10.2. The molecule has 0 spiro atoms. The number of nitrogens with zero attached hydrogens (tertiary/aromatic N) is 1. The van der Waals surface area contributed by atoms with Gasteiger partial charge in [-0.25, -0.2) is 17.1 Å². The fraction of sp³-hybridized carbons (Fsp3) is 0.455. The highest BCUT2D eigenvalue weighted by Crippen LogP contribution is 2.19. The van der Waals surface area contributed by atoms with Crippen LogP contribution in [-0.2, 0) is 15.9 Å². The molecule has 0 saturated carbocycles. The van der Waals surface area contributed by atoms with E-state index in [4.69, 9.17) is 11.6 Å². The van der Waals surface area contributed by atoms with Crippen molar-refractivity contribution in [3.05, 3.63) is 29.6 Å². The molecular formula is C11H15ClFNO2S. The third-order valence-electron chi connectivity index (χ3n) is 2.41. The van der Waals surface area contributed by atoms with Crippen molar-refractivity contribution in [1.29, 1.82) is 0 Å². The van der Waals surface area contributed by atoms with E-state index in [1.165, 1.54) is 23.5 Å². The zero-order valence-electron chi connectivity index (χ0n) is 9.78. The highest BCUT2D eigenvalue weighted by Gasteiger charge is 2.20. The molecule has 17 heavy (non-hydrogen) atoms. The molecule has 1 rings (SSSR count). The molecular weight excluding hydrogens is 265 g/mol. The van der Waals surface area contributed by atoms with E-state index in [-0.39, 0.29) is 16.3 Å². The van der Waals surface area contributed by atoms with Crippen LogP contribution < -0.4 is 0 Å². The molecule has 0 aliphatic carbocycles. The summed E-state index contributed by atoms with van der Waals surface area (Å²) < 4.78 is 38.6. The van der Waals surface area contributed by atoms with Gasteiger partial charge in [0, 0.05) is 19.2 Å². The quantitative estimate of drug-likeness (QED) is 0.777. The topological polar surface area (TPSA) is 37.4 Å². The fourth-order valence-electron chi connectivity index (χ4n) is 1.43. The Labute approximate surface area is 106 Å². The summed E-state index contributed by atoms with van der Waals surface area (Å²) in [5.41, 5.74) is 0.192. The molecule has 0 aromatic heterocycles. The molecule has 0 saturated heterocycles. The summed E-state index contributed by atoms with van der Waals surface area (Å²) in [6, 6.07) is 3.67. The van der Waals surface area contributed by atoms with Gasteiger partial charge in [-0.2, -0.15) is 0 Å². The zero-order chi connectivity index (χ0) is 13.1. The van der Waals surface area contributed by atoms with E-state index >= 15 is 0 Å². The van der Waals surface area contributed by atoms with Crippen molar-refractivity contribution in [3.8, 4) is 0 Å². The fourth-order valence-corrected chi connectivity index (χ4v) is 2.95. The van der Waals surface area contributed by atoms with Crippen LogP contribution >= 0.6 is 11.6 Å². The Kier molecular flexibility index (Phi) is 4.91. The molecule has 0 atom stereocenters. The van der Waals surface area contributed by atoms with Crippen molar-refractivity contribution in [3.63, 3.8) is 0 Å². The highest BCUT2D eigenvalue weighted by atomic mass is 35.5. The SMILES string of the molecule is CCCN(C)S(=O)(=O)c1ccc(F)c(CCl)c1. The standard InChI is InChI=1S/C11H15ClFNO2S/c1-3-6-14(2)17(15,16)10-4-5-11(13)9(7-10)8-12/h4-5,7H,3,6,8H2,1-2H3. The van der Waals surface area contributed by atoms with Gasteiger partial charge < -0.3 is 0 Å². The van der Waals surface area contributed by atoms with Crippen molar-refractivity contribution in [1.82, 2.24) is 4.31 Å². The number of halogens is 2. The van der Waals surface area contributed by atoms with Gasteiger partial charge in [0.2, 0.25) is 10.0 Å². The van der Waals surface area contributed by atoms with Crippen LogP contribution in [0.3, 0.4) is 0 Å². The molecule has 0 N–H and O–H groups in total. The first kappa shape index (κ1) is 14.4. The number of hydrogen-bond acceptors (Lipinski definition) is 2. The van der Waals surface area contributed by atoms with Crippen LogP contribution in [0.15, 0.2) is 23.1 Å². The van der Waals surface area contributed by atoms with Crippen molar-refractivity contribution < 1.29 is 12.8 Å². The van der Waals surface area contributed by atoms with Gasteiger partial charge in [0.15, 0.2) is 0 Å². The summed E-state index contributed by atoms with van der Waals surface area (Å²) in [7, 11) is -2.04. The van der Waals surface area contributed by atoms with Gasteiger partial charge in [0.05, 0.1) is 10.8 Å². The average Bonchev–Trinajstić information content (AvgIpc) is 2.29. The maximum Gasteiger partial charge on any atom is 0.242 e. The molecule has 0 amide bonds. The Morgan fingerprint density at radius 2 is 2.06 bits per heavy atom. The van der Waals surface area contributed by atoms with E-state index < -0.39 is 15.8 Å². The number of sulfonamides is 1. The van der Waals surface area contributed by atoms with Crippen molar-refractivity contribution in [2.24, 2.45) is 0 Å². The lowest BCUT2D eigenvalue weighted by Gasteiger charge is -2.16. The minimum atomic E-state index is -3.54. The Bertz CT molecular complexity index is 490. The normalized spacial score (nSPS) is 12.1. The van der Waals surface area contributed by atoms with Gasteiger partial charge in [-0.1, -0.05) is 6.92 Å². The van der Waals surface area contributed by atoms with Crippen molar-refractivity contribution in [2.75, 3.05) is 13.6 Å². The summed E-state index contributed by atoms with van der Waals surface area (Å²) in [6.45, 7) is 2.32. The van der Waals surface area contributed by atoms with Gasteiger partial charge in [-0.05, 0) is 24.6 Å². The third kappa shape index (κ3) is 3.18. The summed E-state index contributed by atoms with van der Waals surface area (Å²) in [6.07, 6.45) is 0.722. The molecule has 6 heteroatoms. The molecule has 3 nitrogen and oxygen atoms in total. The smallest absolute Gasteiger partial charge is 0.207 e. The second kappa shape index (κ2) is 5.80. The first-order valence-corrected chi connectivity index (χ1v) is 7.21. The molecule has 0 aliphatic heterocycles. The number of hydrogen-bond donors (Lipinski definition) is 0. The lowest BCUT2D eigenvalue weighted by molar-refractivity contribution is 0.468. The van der Waals surface area contributed by atoms with Crippen LogP contribution in [0.1, 0.15) is 18.9 Å². The van der Waals surface area contributed by atoms with Crippen molar-refractivity contribution >= 4 is 21.6 Å². The summed E-state index contributed by atoms with van der Waals surface area (Å²) in [4.78, 5) is 0.0745. The Balaban J connectivity index is 3.15. The second-order valence-corrected chi connectivity index (χ2v) is 6.03. The number of alkyl halides is 1. The second-order valence-electron chi connectivity index (χ2n) is 3.71. The van der Waals surface area contributed by atoms with Crippen LogP contribution in [-0.4, -0.2) is 26.3 Å². The molecule has 0 heterocycles. The van der Waals surface area contributed by atoms with Crippen molar-refractivity contribution in [2.45, 2.75) is 24.1 Å². The van der Waals surface area contributed by atoms with Crippen LogP contribution in [0.4, 0.5) is 4.39 Å². The number of rotatable bonds is 5. The largest absolute Gasteiger partial charge is 0.242 e. The molecule has 0 fully saturated rings. The Hall–Kier alpha value is -0.650. The molecule has 0 bridgehead atoms. The predicted octanol–water partition coefficient (Wildman–Crippen LogP) is 2.60. The minimum absolute atomic E-state index is 0.0489. The molecule has 1 aromatic carbocycles. The Morgan fingerprint density at radius 1 is 1.41 bits per heavy atom. The lowest BCUT2D eigenvalue weighted by Crippen LogP contribution is -2.27. The minimum Gasteiger partial charge on any atom is -0.207 e. The predicted molar refractivity (Wildman–Crippen MR) is 66.1 cm³/mol. The zero-order valence-corrected chi connectivity index (χ0v) is 11.4. The monoisotopic (exact) mass is 279 g/mol. The van der Waals surface area contributed by atoms with E-state index in [0.717, 1.165) is 12.5 Å². The first-order valence-electron chi connectivity index (χ1n) is 5.24. The van der Waals surface area contributed by atoms with E-state index in [2.05, 4.69) is 0 Å². The van der Waals surface area contributed by atoms with E-state index in [0.29, 0.717) is 6.54 Å². The van der Waals surface area contributed by atoms with Gasteiger partial charge in [0.25, 0.3) is 0 Å². The van der Waals surface area contributed by atoms with Gasteiger partial charge in [-0.3, -0.25) is 0 Å². The summed E-state index contributed by atoms with van der Waals surface area (Å²) in [5.74, 6) is -0.538. The van der Waals surface area contributed by atoms with E-state index in [9.17, 15) is 12.8 Å². The molecule has 0 radical (unpaired) electrons. The molecule has 0 aliphatic rings. The molecule has 96 valence electrons. The van der Waals surface area contributed by atoms with Crippen LogP contribution in [0.5, 0.6) is 0 Å². The Morgan fingerprint density at radius 3 is 2.59 bits per heavy atom. The third-order valence-corrected chi connectivity index (χ3v) is 4.55. The first-order chi connectivity index (χ1) is 7.93. The number of benzene rings is 1. The van der Waals surface area contributed by atoms with Gasteiger partial charge in [0.1, 0.15) is 5.82 Å². The maximum absolute atomic E-state index is 13.2.